The largest absolute Gasteiger partial charge is 0.457 e. The Hall–Kier alpha value is -3.31. The quantitative estimate of drug-likeness (QED) is 0.686. The van der Waals surface area contributed by atoms with E-state index in [9.17, 15) is 4.79 Å². The van der Waals surface area contributed by atoms with Crippen LogP contribution in [0.5, 0.6) is 11.5 Å². The first kappa shape index (κ1) is 17.1. The van der Waals surface area contributed by atoms with Crippen LogP contribution in [0, 0.1) is 0 Å². The highest BCUT2D eigenvalue weighted by Crippen LogP contribution is 2.41. The van der Waals surface area contributed by atoms with E-state index in [1.165, 1.54) is 0 Å². The Morgan fingerprint density at radius 2 is 1.85 bits per heavy atom. The van der Waals surface area contributed by atoms with Gasteiger partial charge in [-0.2, -0.15) is 0 Å². The van der Waals surface area contributed by atoms with Crippen molar-refractivity contribution in [2.75, 3.05) is 11.1 Å². The molecule has 1 atom stereocenters. The molecule has 4 rings (SSSR count). The molecule has 0 saturated heterocycles. The highest BCUT2D eigenvalue weighted by molar-refractivity contribution is 6.49. The molecule has 0 radical (unpaired) electrons. The molecular weight excluding hydrogens is 362 g/mol. The second kappa shape index (κ2) is 7.13. The Balaban J connectivity index is 1.56. The molecule has 6 heteroatoms. The molecule has 0 saturated carbocycles. The van der Waals surface area contributed by atoms with E-state index < -0.39 is 5.92 Å². The van der Waals surface area contributed by atoms with E-state index in [4.69, 9.17) is 22.1 Å². The standard InChI is InChI=1S/C21H16ClN3O2/c22-19-12-18(21(26)25-13-4-2-1-3-5-13)16-7-6-14(10-17(16)19)27-15-8-9-24-20(23)11-15/h1-12,18H,(H2,23,24)(H,25,26). The summed E-state index contributed by atoms with van der Waals surface area (Å²) in [7, 11) is 0. The van der Waals surface area contributed by atoms with Crippen molar-refractivity contribution in [3.05, 3.63) is 84.1 Å². The molecule has 0 fully saturated rings. The number of halogens is 1. The van der Waals surface area contributed by atoms with Crippen LogP contribution in [-0.2, 0) is 4.79 Å². The number of nitrogens with two attached hydrogens (primary N) is 1. The SMILES string of the molecule is Nc1cc(Oc2ccc3c(c2)C(Cl)=CC3C(=O)Nc2ccccc2)ccn1. The first-order chi connectivity index (χ1) is 13.1. The fourth-order valence-corrected chi connectivity index (χ4v) is 3.28. The van der Waals surface area contributed by atoms with Crippen LogP contribution in [-0.4, -0.2) is 10.9 Å². The third-order valence-electron chi connectivity index (χ3n) is 4.24. The number of ether oxygens (including phenoxy) is 1. The maximum Gasteiger partial charge on any atom is 0.235 e. The van der Waals surface area contributed by atoms with Crippen LogP contribution in [0.3, 0.4) is 0 Å². The summed E-state index contributed by atoms with van der Waals surface area (Å²) >= 11 is 6.38. The molecule has 1 unspecified atom stereocenters. The number of rotatable bonds is 4. The topological polar surface area (TPSA) is 77.2 Å². The minimum atomic E-state index is -0.446. The van der Waals surface area contributed by atoms with Crippen LogP contribution >= 0.6 is 11.6 Å². The summed E-state index contributed by atoms with van der Waals surface area (Å²) in [6, 6.07) is 18.2. The number of nitrogen functional groups attached to an aromatic ring is 1. The van der Waals surface area contributed by atoms with Crippen molar-refractivity contribution >= 4 is 34.0 Å². The van der Waals surface area contributed by atoms with Gasteiger partial charge in [-0.1, -0.05) is 35.9 Å². The predicted molar refractivity (Wildman–Crippen MR) is 107 cm³/mol. The van der Waals surface area contributed by atoms with Crippen molar-refractivity contribution in [2.45, 2.75) is 5.92 Å². The van der Waals surface area contributed by atoms with Gasteiger partial charge in [0.25, 0.3) is 0 Å². The van der Waals surface area contributed by atoms with Crippen LogP contribution in [0.4, 0.5) is 11.5 Å². The smallest absolute Gasteiger partial charge is 0.235 e. The number of pyridine rings is 1. The van der Waals surface area contributed by atoms with Crippen molar-refractivity contribution in [1.29, 1.82) is 0 Å². The van der Waals surface area contributed by atoms with Crippen molar-refractivity contribution in [1.82, 2.24) is 4.98 Å². The van der Waals surface area contributed by atoms with E-state index >= 15 is 0 Å². The van der Waals surface area contributed by atoms with Crippen LogP contribution < -0.4 is 15.8 Å². The van der Waals surface area contributed by atoms with Gasteiger partial charge in [0.1, 0.15) is 17.3 Å². The summed E-state index contributed by atoms with van der Waals surface area (Å²) in [5.41, 5.74) is 8.04. The molecule has 0 spiro atoms. The van der Waals surface area contributed by atoms with E-state index in [-0.39, 0.29) is 5.91 Å². The van der Waals surface area contributed by atoms with E-state index in [1.54, 1.807) is 24.4 Å². The van der Waals surface area contributed by atoms with E-state index in [2.05, 4.69) is 10.3 Å². The molecule has 1 aliphatic carbocycles. The van der Waals surface area contributed by atoms with Crippen molar-refractivity contribution < 1.29 is 9.53 Å². The molecular formula is C21H16ClN3O2. The Bertz CT molecular complexity index is 1030. The van der Waals surface area contributed by atoms with Crippen molar-refractivity contribution in [2.24, 2.45) is 0 Å². The normalized spacial score (nSPS) is 15.0. The molecule has 1 aromatic heterocycles. The lowest BCUT2D eigenvalue weighted by Gasteiger charge is -2.13. The summed E-state index contributed by atoms with van der Waals surface area (Å²) in [5.74, 6) is 0.991. The molecule has 5 nitrogen and oxygen atoms in total. The van der Waals surface area contributed by atoms with E-state index in [1.807, 2.05) is 48.5 Å². The number of benzene rings is 2. The number of fused-ring (bicyclic) bond motifs is 1. The number of aromatic nitrogens is 1. The van der Waals surface area contributed by atoms with Gasteiger partial charge in [-0.25, -0.2) is 4.98 Å². The lowest BCUT2D eigenvalue weighted by Crippen LogP contribution is -2.18. The summed E-state index contributed by atoms with van der Waals surface area (Å²) in [6.45, 7) is 0. The number of carbonyl (C=O) groups is 1. The summed E-state index contributed by atoms with van der Waals surface area (Å²) in [4.78, 5) is 16.6. The van der Waals surface area contributed by atoms with E-state index in [0.717, 1.165) is 16.8 Å². The Kier molecular flexibility index (Phi) is 4.52. The molecule has 0 bridgehead atoms. The van der Waals surface area contributed by atoms with Gasteiger partial charge in [-0.3, -0.25) is 4.79 Å². The monoisotopic (exact) mass is 377 g/mol. The average Bonchev–Trinajstić information content (AvgIpc) is 2.99. The molecule has 3 aromatic rings. The number of amides is 1. The zero-order valence-corrected chi connectivity index (χ0v) is 15.0. The number of anilines is 2. The number of nitrogens with zero attached hydrogens (tertiary/aromatic N) is 1. The molecule has 134 valence electrons. The maximum atomic E-state index is 12.7. The number of hydrogen-bond acceptors (Lipinski definition) is 4. The summed E-state index contributed by atoms with van der Waals surface area (Å²) in [5, 5.41) is 3.44. The highest BCUT2D eigenvalue weighted by Gasteiger charge is 2.28. The van der Waals surface area contributed by atoms with Gasteiger partial charge < -0.3 is 15.8 Å². The van der Waals surface area contributed by atoms with Crippen LogP contribution in [0.2, 0.25) is 0 Å². The van der Waals surface area contributed by atoms with Crippen LogP contribution in [0.1, 0.15) is 17.0 Å². The van der Waals surface area contributed by atoms with Gasteiger partial charge in [-0.15, -0.1) is 0 Å². The minimum absolute atomic E-state index is 0.131. The molecule has 1 aliphatic rings. The van der Waals surface area contributed by atoms with Gasteiger partial charge in [0, 0.05) is 28.5 Å². The third kappa shape index (κ3) is 3.64. The second-order valence-corrected chi connectivity index (χ2v) is 6.52. The Labute approximate surface area is 161 Å². The highest BCUT2D eigenvalue weighted by atomic mass is 35.5. The zero-order chi connectivity index (χ0) is 18.8. The van der Waals surface area contributed by atoms with E-state index in [0.29, 0.717) is 22.3 Å². The second-order valence-electron chi connectivity index (χ2n) is 6.12. The number of nitrogens with one attached hydrogen (secondary N) is 1. The number of hydrogen-bond donors (Lipinski definition) is 2. The first-order valence-electron chi connectivity index (χ1n) is 8.37. The van der Waals surface area contributed by atoms with Gasteiger partial charge in [0.15, 0.2) is 0 Å². The molecule has 3 N–H and O–H groups in total. The third-order valence-corrected chi connectivity index (χ3v) is 4.57. The Morgan fingerprint density at radius 3 is 2.63 bits per heavy atom. The lowest BCUT2D eigenvalue weighted by atomic mass is 9.99. The van der Waals surface area contributed by atoms with Crippen LogP contribution in [0.25, 0.3) is 5.03 Å². The molecule has 1 heterocycles. The molecule has 27 heavy (non-hydrogen) atoms. The number of carbonyl (C=O) groups excluding carboxylic acids is 1. The van der Waals surface area contributed by atoms with Gasteiger partial charge in [-0.05, 0) is 42.0 Å². The van der Waals surface area contributed by atoms with Crippen molar-refractivity contribution in [3.63, 3.8) is 0 Å². The number of para-hydroxylation sites is 1. The maximum absolute atomic E-state index is 12.7. The fourth-order valence-electron chi connectivity index (χ4n) is 2.99. The summed E-state index contributed by atoms with van der Waals surface area (Å²) < 4.78 is 5.82. The summed E-state index contributed by atoms with van der Waals surface area (Å²) in [6.07, 6.45) is 3.33. The predicted octanol–water partition coefficient (Wildman–Crippen LogP) is 4.77. The van der Waals surface area contributed by atoms with Gasteiger partial charge in [0.2, 0.25) is 5.91 Å². The fraction of sp³-hybridized carbons (Fsp3) is 0.0476. The molecule has 1 amide bonds. The molecule has 2 aromatic carbocycles. The lowest BCUT2D eigenvalue weighted by molar-refractivity contribution is -0.116. The molecule has 0 aliphatic heterocycles. The van der Waals surface area contributed by atoms with Crippen LogP contribution in [0.15, 0.2) is 72.9 Å². The minimum Gasteiger partial charge on any atom is -0.457 e. The van der Waals surface area contributed by atoms with Gasteiger partial charge >= 0.3 is 0 Å². The zero-order valence-electron chi connectivity index (χ0n) is 14.2. The van der Waals surface area contributed by atoms with Gasteiger partial charge in [0.05, 0.1) is 5.92 Å². The van der Waals surface area contributed by atoms with Crippen molar-refractivity contribution in [3.8, 4) is 11.5 Å². The average molecular weight is 378 g/mol. The first-order valence-corrected chi connectivity index (χ1v) is 8.75. The Morgan fingerprint density at radius 1 is 1.07 bits per heavy atom.